The number of hydrogen-bond acceptors (Lipinski definition) is 5. The van der Waals surface area contributed by atoms with Crippen LogP contribution in [0.25, 0.3) is 5.69 Å². The normalized spacial score (nSPS) is 13.0. The minimum atomic E-state index is -0.485. The largest absolute Gasteiger partial charge is 0.346 e. The quantitative estimate of drug-likeness (QED) is 0.565. The first-order valence-electron chi connectivity index (χ1n) is 8.06. The molecule has 0 aliphatic heterocycles. The Morgan fingerprint density at radius 2 is 2.00 bits per heavy atom. The minimum Gasteiger partial charge on any atom is -0.346 e. The molecule has 0 saturated carbocycles. The Labute approximate surface area is 158 Å². The van der Waals surface area contributed by atoms with E-state index in [9.17, 15) is 14.9 Å². The van der Waals surface area contributed by atoms with Crippen LogP contribution in [-0.4, -0.2) is 32.7 Å². The Morgan fingerprint density at radius 1 is 1.38 bits per heavy atom. The highest BCUT2D eigenvalue weighted by molar-refractivity contribution is 5.94. The van der Waals surface area contributed by atoms with Gasteiger partial charge in [-0.05, 0) is 31.4 Å². The van der Waals surface area contributed by atoms with E-state index >= 15 is 0 Å². The van der Waals surface area contributed by atoms with Crippen LogP contribution in [0.1, 0.15) is 37.6 Å². The van der Waals surface area contributed by atoms with Crippen molar-refractivity contribution in [1.29, 1.82) is 0 Å². The summed E-state index contributed by atoms with van der Waals surface area (Å²) >= 11 is 0. The standard InChI is InChI=1S/C17H23N5O3.ClH/c1-12(2)8-17(3,11-18)20-16(23)13-9-19-21(10-13)14-4-6-15(7-5-14)22(24)25;/h4-7,9-10,12H,8,11,18H2,1-3H3,(H,20,23);1H. The lowest BCUT2D eigenvalue weighted by molar-refractivity contribution is -0.384. The van der Waals surface area contributed by atoms with Gasteiger partial charge < -0.3 is 11.1 Å². The second-order valence-electron chi connectivity index (χ2n) is 6.76. The number of nitro groups is 1. The summed E-state index contributed by atoms with van der Waals surface area (Å²) in [7, 11) is 0. The maximum atomic E-state index is 12.5. The summed E-state index contributed by atoms with van der Waals surface area (Å²) in [5, 5.41) is 17.8. The van der Waals surface area contributed by atoms with Crippen LogP contribution < -0.4 is 11.1 Å². The fourth-order valence-electron chi connectivity index (χ4n) is 2.74. The van der Waals surface area contributed by atoms with Crippen molar-refractivity contribution in [3.05, 3.63) is 52.3 Å². The fraction of sp³-hybridized carbons (Fsp3) is 0.412. The highest BCUT2D eigenvalue weighted by Gasteiger charge is 2.26. The Kier molecular flexibility index (Phi) is 7.29. The van der Waals surface area contributed by atoms with Gasteiger partial charge in [-0.3, -0.25) is 14.9 Å². The molecule has 9 heteroatoms. The van der Waals surface area contributed by atoms with Crippen molar-refractivity contribution in [1.82, 2.24) is 15.1 Å². The summed E-state index contributed by atoms with van der Waals surface area (Å²) < 4.78 is 1.50. The predicted molar refractivity (Wildman–Crippen MR) is 102 cm³/mol. The van der Waals surface area contributed by atoms with Crippen molar-refractivity contribution >= 4 is 24.0 Å². The van der Waals surface area contributed by atoms with E-state index < -0.39 is 10.5 Å². The number of nitrogens with zero attached hydrogens (tertiary/aromatic N) is 3. The molecule has 0 aliphatic rings. The third-order valence-electron chi connectivity index (χ3n) is 3.89. The zero-order valence-electron chi connectivity index (χ0n) is 15.0. The summed E-state index contributed by atoms with van der Waals surface area (Å²) in [6.45, 7) is 6.42. The maximum absolute atomic E-state index is 12.5. The Bertz CT molecular complexity index is 760. The number of nitrogens with two attached hydrogens (primary N) is 1. The zero-order chi connectivity index (χ0) is 18.6. The molecule has 0 fully saturated rings. The van der Waals surface area contributed by atoms with Gasteiger partial charge >= 0.3 is 0 Å². The highest BCUT2D eigenvalue weighted by Crippen LogP contribution is 2.18. The number of rotatable bonds is 7. The average Bonchev–Trinajstić information content (AvgIpc) is 3.04. The molecule has 3 N–H and O–H groups in total. The number of carbonyl (C=O) groups is 1. The number of halogens is 1. The molecule has 0 radical (unpaired) electrons. The molecule has 1 atom stereocenters. The summed E-state index contributed by atoms with van der Waals surface area (Å²) in [6.07, 6.45) is 3.82. The number of non-ortho nitro benzene ring substituents is 1. The average molecular weight is 382 g/mol. The van der Waals surface area contributed by atoms with Crippen LogP contribution in [0.3, 0.4) is 0 Å². The third-order valence-corrected chi connectivity index (χ3v) is 3.89. The second-order valence-corrected chi connectivity index (χ2v) is 6.76. The van der Waals surface area contributed by atoms with Gasteiger partial charge in [0.25, 0.3) is 11.6 Å². The molecule has 1 unspecified atom stereocenters. The van der Waals surface area contributed by atoms with E-state index in [-0.39, 0.29) is 24.0 Å². The van der Waals surface area contributed by atoms with Gasteiger partial charge in [-0.25, -0.2) is 4.68 Å². The Balaban J connectivity index is 0.00000338. The molecule has 0 bridgehead atoms. The second kappa shape index (κ2) is 8.77. The van der Waals surface area contributed by atoms with E-state index in [1.165, 1.54) is 23.0 Å². The number of hydrogen-bond donors (Lipinski definition) is 2. The molecule has 2 rings (SSSR count). The lowest BCUT2D eigenvalue weighted by Gasteiger charge is -2.31. The van der Waals surface area contributed by atoms with E-state index in [4.69, 9.17) is 5.73 Å². The summed E-state index contributed by atoms with van der Waals surface area (Å²) in [5.74, 6) is 0.151. The van der Waals surface area contributed by atoms with Crippen molar-refractivity contribution in [2.45, 2.75) is 32.7 Å². The van der Waals surface area contributed by atoms with Gasteiger partial charge in [0.1, 0.15) is 0 Å². The highest BCUT2D eigenvalue weighted by atomic mass is 35.5. The van der Waals surface area contributed by atoms with E-state index in [0.29, 0.717) is 23.7 Å². The van der Waals surface area contributed by atoms with Crippen LogP contribution in [0.5, 0.6) is 0 Å². The third kappa shape index (κ3) is 5.27. The zero-order valence-corrected chi connectivity index (χ0v) is 15.8. The lowest BCUT2D eigenvalue weighted by Crippen LogP contribution is -2.52. The molecule has 1 aromatic carbocycles. The first-order chi connectivity index (χ1) is 11.7. The van der Waals surface area contributed by atoms with Gasteiger partial charge in [0, 0.05) is 30.4 Å². The maximum Gasteiger partial charge on any atom is 0.269 e. The summed E-state index contributed by atoms with van der Waals surface area (Å²) in [4.78, 5) is 22.7. The van der Waals surface area contributed by atoms with Gasteiger partial charge in [0.15, 0.2) is 0 Å². The van der Waals surface area contributed by atoms with Gasteiger partial charge in [-0.1, -0.05) is 13.8 Å². The number of amides is 1. The van der Waals surface area contributed by atoms with Gasteiger partial charge in [-0.2, -0.15) is 5.10 Å². The minimum absolute atomic E-state index is 0. The van der Waals surface area contributed by atoms with Crippen molar-refractivity contribution in [2.75, 3.05) is 6.54 Å². The molecule has 26 heavy (non-hydrogen) atoms. The number of nitrogens with one attached hydrogen (secondary N) is 1. The van der Waals surface area contributed by atoms with Crippen LogP contribution in [-0.2, 0) is 0 Å². The molecule has 0 aliphatic carbocycles. The van der Waals surface area contributed by atoms with E-state index in [0.717, 1.165) is 6.42 Å². The van der Waals surface area contributed by atoms with E-state index in [2.05, 4.69) is 24.3 Å². The van der Waals surface area contributed by atoms with E-state index in [1.807, 2.05) is 6.92 Å². The Hall–Kier alpha value is -2.45. The molecular formula is C17H24ClN5O3. The molecule has 1 amide bonds. The number of nitro benzene ring substituents is 1. The van der Waals surface area contributed by atoms with Gasteiger partial charge in [-0.15, -0.1) is 12.4 Å². The molecule has 8 nitrogen and oxygen atoms in total. The molecule has 142 valence electrons. The van der Waals surface area contributed by atoms with Crippen LogP contribution in [0.2, 0.25) is 0 Å². The van der Waals surface area contributed by atoms with Crippen LogP contribution in [0, 0.1) is 16.0 Å². The number of benzene rings is 1. The smallest absolute Gasteiger partial charge is 0.269 e. The van der Waals surface area contributed by atoms with Crippen molar-refractivity contribution in [2.24, 2.45) is 11.7 Å². The molecule has 1 heterocycles. The van der Waals surface area contributed by atoms with Gasteiger partial charge in [0.05, 0.1) is 22.4 Å². The fourth-order valence-corrected chi connectivity index (χ4v) is 2.74. The topological polar surface area (TPSA) is 116 Å². The van der Waals surface area contributed by atoms with Crippen molar-refractivity contribution in [3.8, 4) is 5.69 Å². The predicted octanol–water partition coefficient (Wildman–Crippen LogP) is 2.70. The van der Waals surface area contributed by atoms with Crippen molar-refractivity contribution < 1.29 is 9.72 Å². The monoisotopic (exact) mass is 381 g/mol. The summed E-state index contributed by atoms with van der Waals surface area (Å²) in [5.41, 5.74) is 6.38. The number of aromatic nitrogens is 2. The molecule has 1 aromatic heterocycles. The molecular weight excluding hydrogens is 358 g/mol. The Morgan fingerprint density at radius 3 is 2.50 bits per heavy atom. The first-order valence-corrected chi connectivity index (χ1v) is 8.06. The first kappa shape index (κ1) is 21.6. The molecule has 2 aromatic rings. The van der Waals surface area contributed by atoms with Gasteiger partial charge in [0.2, 0.25) is 0 Å². The lowest BCUT2D eigenvalue weighted by atomic mass is 9.90. The number of carbonyl (C=O) groups excluding carboxylic acids is 1. The SMILES string of the molecule is CC(C)CC(C)(CN)NC(=O)c1cnn(-c2ccc([N+](=O)[O-])cc2)c1.Cl. The van der Waals surface area contributed by atoms with Crippen LogP contribution >= 0.6 is 12.4 Å². The van der Waals surface area contributed by atoms with Crippen LogP contribution in [0.4, 0.5) is 5.69 Å². The molecule has 0 saturated heterocycles. The van der Waals surface area contributed by atoms with E-state index in [1.54, 1.807) is 18.3 Å². The van der Waals surface area contributed by atoms with Crippen molar-refractivity contribution in [3.63, 3.8) is 0 Å². The van der Waals surface area contributed by atoms with Crippen LogP contribution in [0.15, 0.2) is 36.7 Å². The summed E-state index contributed by atoms with van der Waals surface area (Å²) in [6, 6.07) is 5.95. The molecule has 0 spiro atoms.